The van der Waals surface area contributed by atoms with E-state index in [1.165, 1.54) is 0 Å². The summed E-state index contributed by atoms with van der Waals surface area (Å²) >= 11 is 0. The standard InChI is InChI=1S/C24H25N5O2/c1-16-6-2-3-7-18(16)21-10-11-22(28-27-21)29-14-12-17(13-15-29)24(31)26-20-9-5-4-8-19(20)23(25)30/h2-11,17H,12-15H2,1H3,(H2,25,30)(H,26,31). The molecule has 2 heterocycles. The number of para-hydroxylation sites is 1. The van der Waals surface area contributed by atoms with Crippen LogP contribution < -0.4 is 16.0 Å². The predicted octanol–water partition coefficient (Wildman–Crippen LogP) is 3.41. The van der Waals surface area contributed by atoms with E-state index in [1.54, 1.807) is 24.3 Å². The van der Waals surface area contributed by atoms with Crippen molar-refractivity contribution in [3.8, 4) is 11.3 Å². The molecule has 1 aromatic heterocycles. The summed E-state index contributed by atoms with van der Waals surface area (Å²) in [6.45, 7) is 3.49. The Bertz CT molecular complexity index is 1090. The topological polar surface area (TPSA) is 101 Å². The fourth-order valence-corrected chi connectivity index (χ4v) is 3.91. The third-order valence-electron chi connectivity index (χ3n) is 5.71. The second kappa shape index (κ2) is 8.95. The first-order valence-electron chi connectivity index (χ1n) is 10.4. The number of benzene rings is 2. The lowest BCUT2D eigenvalue weighted by atomic mass is 9.95. The number of carbonyl (C=O) groups is 2. The van der Waals surface area contributed by atoms with Crippen LogP contribution in [0.2, 0.25) is 0 Å². The number of amides is 2. The minimum absolute atomic E-state index is 0.0886. The maximum absolute atomic E-state index is 12.7. The molecule has 1 fully saturated rings. The van der Waals surface area contributed by atoms with Crippen molar-refractivity contribution in [3.05, 3.63) is 71.8 Å². The van der Waals surface area contributed by atoms with Crippen LogP contribution in [0.1, 0.15) is 28.8 Å². The molecule has 1 aliphatic heterocycles. The van der Waals surface area contributed by atoms with Crippen molar-refractivity contribution in [1.29, 1.82) is 0 Å². The monoisotopic (exact) mass is 415 g/mol. The highest BCUT2D eigenvalue weighted by Gasteiger charge is 2.26. The molecule has 2 aromatic carbocycles. The molecule has 0 atom stereocenters. The van der Waals surface area contributed by atoms with Crippen LogP contribution in [-0.2, 0) is 4.79 Å². The number of primary amides is 1. The molecule has 31 heavy (non-hydrogen) atoms. The summed E-state index contributed by atoms with van der Waals surface area (Å²) in [6.07, 6.45) is 1.40. The molecule has 0 radical (unpaired) electrons. The van der Waals surface area contributed by atoms with E-state index in [0.29, 0.717) is 37.2 Å². The molecule has 2 amide bonds. The van der Waals surface area contributed by atoms with Gasteiger partial charge in [-0.15, -0.1) is 10.2 Å². The summed E-state index contributed by atoms with van der Waals surface area (Å²) in [5.74, 6) is 0.0411. The molecule has 0 unspecified atom stereocenters. The van der Waals surface area contributed by atoms with Crippen LogP contribution in [0, 0.1) is 12.8 Å². The first-order chi connectivity index (χ1) is 15.0. The Morgan fingerprint density at radius 1 is 0.968 bits per heavy atom. The highest BCUT2D eigenvalue weighted by atomic mass is 16.2. The lowest BCUT2D eigenvalue weighted by Gasteiger charge is -2.32. The number of nitrogens with zero attached hydrogens (tertiary/aromatic N) is 3. The molecular weight excluding hydrogens is 390 g/mol. The SMILES string of the molecule is Cc1ccccc1-c1ccc(N2CCC(C(=O)Nc3ccccc3C(N)=O)CC2)nn1. The number of nitrogens with two attached hydrogens (primary N) is 1. The van der Waals surface area contributed by atoms with E-state index in [0.717, 1.165) is 22.6 Å². The van der Waals surface area contributed by atoms with Crippen molar-refractivity contribution in [2.75, 3.05) is 23.3 Å². The summed E-state index contributed by atoms with van der Waals surface area (Å²) in [7, 11) is 0. The molecule has 4 rings (SSSR count). The van der Waals surface area contributed by atoms with Crippen molar-refractivity contribution in [2.24, 2.45) is 11.7 Å². The second-order valence-corrected chi connectivity index (χ2v) is 7.75. The van der Waals surface area contributed by atoms with E-state index in [2.05, 4.69) is 33.4 Å². The summed E-state index contributed by atoms with van der Waals surface area (Å²) in [4.78, 5) is 26.4. The summed E-state index contributed by atoms with van der Waals surface area (Å²) in [5.41, 5.74) is 9.26. The maximum Gasteiger partial charge on any atom is 0.250 e. The molecule has 1 aliphatic rings. The van der Waals surface area contributed by atoms with Gasteiger partial charge >= 0.3 is 0 Å². The zero-order chi connectivity index (χ0) is 21.8. The van der Waals surface area contributed by atoms with Crippen molar-refractivity contribution in [1.82, 2.24) is 10.2 Å². The third kappa shape index (κ3) is 4.55. The number of piperidine rings is 1. The van der Waals surface area contributed by atoms with Crippen LogP contribution in [0.15, 0.2) is 60.7 Å². The Morgan fingerprint density at radius 2 is 1.68 bits per heavy atom. The van der Waals surface area contributed by atoms with Crippen LogP contribution >= 0.6 is 0 Å². The number of hydrogen-bond donors (Lipinski definition) is 2. The molecule has 1 saturated heterocycles. The molecule has 7 nitrogen and oxygen atoms in total. The van der Waals surface area contributed by atoms with E-state index in [-0.39, 0.29) is 11.8 Å². The number of aryl methyl sites for hydroxylation is 1. The second-order valence-electron chi connectivity index (χ2n) is 7.75. The highest BCUT2D eigenvalue weighted by molar-refractivity contribution is 6.03. The van der Waals surface area contributed by atoms with Gasteiger partial charge in [-0.05, 0) is 49.6 Å². The van der Waals surface area contributed by atoms with Gasteiger partial charge in [-0.1, -0.05) is 36.4 Å². The van der Waals surface area contributed by atoms with Crippen molar-refractivity contribution in [3.63, 3.8) is 0 Å². The summed E-state index contributed by atoms with van der Waals surface area (Å²) < 4.78 is 0. The van der Waals surface area contributed by atoms with Crippen LogP contribution in [-0.4, -0.2) is 35.1 Å². The van der Waals surface area contributed by atoms with Crippen molar-refractivity contribution in [2.45, 2.75) is 19.8 Å². The van der Waals surface area contributed by atoms with Crippen LogP contribution in [0.5, 0.6) is 0 Å². The Labute approximate surface area is 181 Å². The fraction of sp³-hybridized carbons (Fsp3) is 0.250. The highest BCUT2D eigenvalue weighted by Crippen LogP contribution is 2.26. The predicted molar refractivity (Wildman–Crippen MR) is 121 cm³/mol. The number of nitrogens with one attached hydrogen (secondary N) is 1. The molecule has 3 N–H and O–H groups in total. The van der Waals surface area contributed by atoms with E-state index < -0.39 is 5.91 Å². The zero-order valence-corrected chi connectivity index (χ0v) is 17.4. The minimum atomic E-state index is -0.557. The van der Waals surface area contributed by atoms with Crippen LogP contribution in [0.25, 0.3) is 11.3 Å². The molecule has 0 saturated carbocycles. The fourth-order valence-electron chi connectivity index (χ4n) is 3.91. The van der Waals surface area contributed by atoms with Crippen LogP contribution in [0.3, 0.4) is 0 Å². The quantitative estimate of drug-likeness (QED) is 0.665. The lowest BCUT2D eigenvalue weighted by Crippen LogP contribution is -2.38. The Balaban J connectivity index is 1.37. The zero-order valence-electron chi connectivity index (χ0n) is 17.4. The van der Waals surface area contributed by atoms with Gasteiger partial charge in [-0.2, -0.15) is 0 Å². The number of aromatic nitrogens is 2. The molecule has 0 bridgehead atoms. The molecule has 7 heteroatoms. The lowest BCUT2D eigenvalue weighted by molar-refractivity contribution is -0.120. The molecule has 158 valence electrons. The van der Waals surface area contributed by atoms with Gasteiger partial charge in [0.2, 0.25) is 5.91 Å². The average molecular weight is 415 g/mol. The van der Waals surface area contributed by atoms with Gasteiger partial charge in [0.1, 0.15) is 0 Å². The Morgan fingerprint density at radius 3 is 2.35 bits per heavy atom. The molecule has 3 aromatic rings. The largest absolute Gasteiger partial charge is 0.366 e. The van der Waals surface area contributed by atoms with Gasteiger partial charge in [-0.3, -0.25) is 9.59 Å². The van der Waals surface area contributed by atoms with Crippen molar-refractivity contribution >= 4 is 23.3 Å². The summed E-state index contributed by atoms with van der Waals surface area (Å²) in [5, 5.41) is 11.7. The third-order valence-corrected chi connectivity index (χ3v) is 5.71. The number of anilines is 2. The van der Waals surface area contributed by atoms with Gasteiger partial charge in [0, 0.05) is 24.6 Å². The van der Waals surface area contributed by atoms with E-state index in [4.69, 9.17) is 5.73 Å². The van der Waals surface area contributed by atoms with Gasteiger partial charge in [0.05, 0.1) is 16.9 Å². The molecule has 0 spiro atoms. The minimum Gasteiger partial charge on any atom is -0.366 e. The van der Waals surface area contributed by atoms with Crippen molar-refractivity contribution < 1.29 is 9.59 Å². The van der Waals surface area contributed by atoms with Gasteiger partial charge in [-0.25, -0.2) is 0 Å². The number of carbonyl (C=O) groups excluding carboxylic acids is 2. The number of hydrogen-bond acceptors (Lipinski definition) is 5. The first-order valence-corrected chi connectivity index (χ1v) is 10.4. The summed E-state index contributed by atoms with van der Waals surface area (Å²) in [6, 6.07) is 18.9. The smallest absolute Gasteiger partial charge is 0.250 e. The van der Waals surface area contributed by atoms with Gasteiger partial charge in [0.25, 0.3) is 5.91 Å². The van der Waals surface area contributed by atoms with E-state index in [9.17, 15) is 9.59 Å². The maximum atomic E-state index is 12.7. The normalized spacial score (nSPS) is 14.3. The van der Waals surface area contributed by atoms with E-state index >= 15 is 0 Å². The first kappa shape index (κ1) is 20.5. The van der Waals surface area contributed by atoms with Gasteiger partial charge < -0.3 is 16.0 Å². The number of rotatable bonds is 5. The van der Waals surface area contributed by atoms with Gasteiger partial charge in [0.15, 0.2) is 5.82 Å². The van der Waals surface area contributed by atoms with Crippen LogP contribution in [0.4, 0.5) is 11.5 Å². The Kier molecular flexibility index (Phi) is 5.93. The molecule has 0 aliphatic carbocycles. The van der Waals surface area contributed by atoms with E-state index in [1.807, 2.05) is 30.3 Å². The molecular formula is C24H25N5O2. The average Bonchev–Trinajstić information content (AvgIpc) is 2.80. The Hall–Kier alpha value is -3.74.